The van der Waals surface area contributed by atoms with Gasteiger partial charge in [-0.1, -0.05) is 54.9 Å². The van der Waals surface area contributed by atoms with Crippen LogP contribution in [-0.4, -0.2) is 33.2 Å². The maximum Gasteiger partial charge on any atom is 0.266 e. The third kappa shape index (κ3) is 8.24. The molecule has 0 fully saturated rings. The Morgan fingerprint density at radius 3 is 2.22 bits per heavy atom. The van der Waals surface area contributed by atoms with Gasteiger partial charge in [-0.3, -0.25) is 14.4 Å². The fraction of sp³-hybridized carbons (Fsp3) is 0.200. The van der Waals surface area contributed by atoms with Gasteiger partial charge in [0.2, 0.25) is 11.8 Å². The minimum Gasteiger partial charge on any atom is -0.476 e. The summed E-state index contributed by atoms with van der Waals surface area (Å²) in [6, 6.07) is 21.4. The summed E-state index contributed by atoms with van der Waals surface area (Å²) < 4.78 is 10.8. The first-order valence-electron chi connectivity index (χ1n) is 15.0. The van der Waals surface area contributed by atoms with E-state index in [-0.39, 0.29) is 22.8 Å². The molecule has 248 valence electrons. The van der Waals surface area contributed by atoms with Crippen LogP contribution in [0.3, 0.4) is 0 Å². The van der Waals surface area contributed by atoms with Crippen molar-refractivity contribution in [2.45, 2.75) is 46.6 Å². The lowest BCUT2D eigenvalue weighted by atomic mass is 9.94. The van der Waals surface area contributed by atoms with Crippen LogP contribution in [0.4, 0.5) is 27.8 Å². The zero-order valence-corrected chi connectivity index (χ0v) is 28.7. The number of rotatable bonds is 10. The molecule has 3 N–H and O–H groups in total. The number of aryl methyl sites for hydroxylation is 2. The number of halogens is 1. The Balaban J connectivity index is 1.59. The Labute approximate surface area is 291 Å². The van der Waals surface area contributed by atoms with Crippen molar-refractivity contribution in [1.29, 1.82) is 5.26 Å². The molecule has 2 aromatic heterocycles. The number of fused-ring (bicyclic) bond motifs is 1. The van der Waals surface area contributed by atoms with Gasteiger partial charge in [-0.25, -0.2) is 4.98 Å². The summed E-state index contributed by atoms with van der Waals surface area (Å²) in [6.07, 6.45) is -1.17. The van der Waals surface area contributed by atoms with Gasteiger partial charge in [0.15, 0.2) is 22.5 Å². The van der Waals surface area contributed by atoms with E-state index in [0.717, 1.165) is 22.7 Å². The second kappa shape index (κ2) is 15.0. The molecule has 2 heterocycles. The minimum absolute atomic E-state index is 0.0317. The van der Waals surface area contributed by atoms with Crippen LogP contribution in [0.2, 0.25) is 5.02 Å². The number of benzene rings is 3. The molecule has 0 radical (unpaired) electrons. The minimum atomic E-state index is -1.17. The predicted molar refractivity (Wildman–Crippen MR) is 190 cm³/mol. The number of carbonyl (C=O) groups excluding carboxylic acids is 3. The van der Waals surface area contributed by atoms with E-state index in [4.69, 9.17) is 16.3 Å². The van der Waals surface area contributed by atoms with Gasteiger partial charge in [-0.05, 0) is 66.8 Å². The van der Waals surface area contributed by atoms with E-state index in [2.05, 4.69) is 41.6 Å². The fourth-order valence-electron chi connectivity index (χ4n) is 4.99. The van der Waals surface area contributed by atoms with E-state index in [0.29, 0.717) is 38.0 Å². The Morgan fingerprint density at radius 1 is 0.918 bits per heavy atom. The average molecular weight is 695 g/mol. The molecule has 3 amide bonds. The number of carbonyl (C=O) groups is 3. The zero-order valence-electron chi connectivity index (χ0n) is 27.2. The average Bonchev–Trinajstić information content (AvgIpc) is 3.45. The maximum atomic E-state index is 14.0. The summed E-state index contributed by atoms with van der Waals surface area (Å²) in [6.45, 7) is 8.07. The van der Waals surface area contributed by atoms with E-state index in [1.54, 1.807) is 25.1 Å². The number of nitrogens with zero attached hydrogens (tertiary/aromatic N) is 5. The van der Waals surface area contributed by atoms with Crippen molar-refractivity contribution >= 4 is 79.6 Å². The number of amides is 3. The van der Waals surface area contributed by atoms with E-state index in [9.17, 15) is 19.6 Å². The number of ether oxygens (including phenoxy) is 1. The number of hydrogen-bond acceptors (Lipinski definition) is 10. The molecule has 0 bridgehead atoms. The molecule has 14 heteroatoms. The Kier molecular flexibility index (Phi) is 10.6. The highest BCUT2D eigenvalue weighted by Crippen LogP contribution is 2.42. The third-order valence-corrected chi connectivity index (χ3v) is 8.44. The van der Waals surface area contributed by atoms with Crippen molar-refractivity contribution in [3.63, 3.8) is 0 Å². The van der Waals surface area contributed by atoms with Gasteiger partial charge >= 0.3 is 0 Å². The summed E-state index contributed by atoms with van der Waals surface area (Å²) >= 11 is 7.47. The quantitative estimate of drug-likeness (QED) is 0.123. The molecule has 0 aliphatic rings. The van der Waals surface area contributed by atoms with Gasteiger partial charge in [-0.15, -0.1) is 10.2 Å². The van der Waals surface area contributed by atoms with Crippen LogP contribution in [-0.2, 0) is 14.4 Å². The van der Waals surface area contributed by atoms with Gasteiger partial charge in [0.05, 0.1) is 44.4 Å². The summed E-state index contributed by atoms with van der Waals surface area (Å²) in [5.41, 5.74) is 3.99. The maximum absolute atomic E-state index is 14.0. The van der Waals surface area contributed by atoms with Crippen LogP contribution in [0.15, 0.2) is 77.0 Å². The molecule has 5 aromatic rings. The van der Waals surface area contributed by atoms with Crippen LogP contribution in [0.1, 0.15) is 49.1 Å². The van der Waals surface area contributed by atoms with Gasteiger partial charge in [0, 0.05) is 19.8 Å². The Morgan fingerprint density at radius 2 is 1.59 bits per heavy atom. The molecular formula is C35H31ClN8O4S. The van der Waals surface area contributed by atoms with Gasteiger partial charge in [0.1, 0.15) is 6.07 Å². The second-order valence-corrected chi connectivity index (χ2v) is 12.4. The highest BCUT2D eigenvalue weighted by Gasteiger charge is 2.31. The number of nitriles is 1. The summed E-state index contributed by atoms with van der Waals surface area (Å²) in [4.78, 5) is 43.2. The van der Waals surface area contributed by atoms with Crippen LogP contribution >= 0.6 is 23.1 Å². The monoisotopic (exact) mass is 694 g/mol. The molecule has 0 aliphatic carbocycles. The SMILES string of the molecule is CC(=O)Nc1cc(N=Nc2snc3nc(C)c(C#N)cc23)cc(NC(C)=O)c1OC(C(=O)Nc1cc(C)ccc1Cl)C(C)c1ccccc1. The molecule has 0 saturated carbocycles. The molecule has 12 nitrogen and oxygen atoms in total. The lowest BCUT2D eigenvalue weighted by molar-refractivity contribution is -0.123. The first-order chi connectivity index (χ1) is 23.4. The number of azo groups is 1. The zero-order chi connectivity index (χ0) is 35.2. The molecule has 0 saturated heterocycles. The van der Waals surface area contributed by atoms with Crippen molar-refractivity contribution in [3.8, 4) is 11.8 Å². The molecule has 0 spiro atoms. The second-order valence-electron chi connectivity index (χ2n) is 11.2. The lowest BCUT2D eigenvalue weighted by Gasteiger charge is -2.27. The molecule has 0 aliphatic heterocycles. The van der Waals surface area contributed by atoms with Gasteiger partial charge in [0.25, 0.3) is 5.91 Å². The highest BCUT2D eigenvalue weighted by molar-refractivity contribution is 7.11. The molecule has 5 rings (SSSR count). The van der Waals surface area contributed by atoms with Gasteiger partial charge in [-0.2, -0.15) is 9.64 Å². The normalized spacial score (nSPS) is 12.3. The fourth-order valence-corrected chi connectivity index (χ4v) is 5.79. The Bertz CT molecular complexity index is 2110. The number of anilines is 3. The molecule has 2 unspecified atom stereocenters. The predicted octanol–water partition coefficient (Wildman–Crippen LogP) is 8.36. The number of hydrogen-bond donors (Lipinski definition) is 3. The van der Waals surface area contributed by atoms with Gasteiger partial charge < -0.3 is 20.7 Å². The third-order valence-electron chi connectivity index (χ3n) is 7.38. The molecule has 2 atom stereocenters. The first kappa shape index (κ1) is 34.6. The smallest absolute Gasteiger partial charge is 0.266 e. The van der Waals surface area contributed by atoms with Crippen LogP contribution < -0.4 is 20.7 Å². The van der Waals surface area contributed by atoms with Crippen LogP contribution in [0.25, 0.3) is 11.0 Å². The van der Waals surface area contributed by atoms with Crippen molar-refractivity contribution in [1.82, 2.24) is 9.36 Å². The topological polar surface area (TPSA) is 171 Å². The standard InChI is InChI=1S/C35H31ClN8O4S/c1-18-11-12-27(36)28(13-18)41-34(47)31(19(2)23-9-7-6-8-10-23)48-32-29(39-21(4)45)15-25(16-30(32)40-22(5)46)42-43-35-26-14-24(17-37)20(3)38-33(26)44-49-35/h6-16,19,31H,1-5H3,(H,39,45)(H,40,46)(H,41,47). The van der Waals surface area contributed by atoms with Crippen molar-refractivity contribution in [3.05, 3.63) is 94.1 Å². The summed E-state index contributed by atoms with van der Waals surface area (Å²) in [5.74, 6) is -1.85. The Hall–Kier alpha value is -5.71. The van der Waals surface area contributed by atoms with Crippen LogP contribution in [0, 0.1) is 25.2 Å². The highest BCUT2D eigenvalue weighted by atomic mass is 35.5. The summed E-state index contributed by atoms with van der Waals surface area (Å²) in [5, 5.41) is 27.8. The van der Waals surface area contributed by atoms with E-state index in [1.165, 1.54) is 26.0 Å². The lowest BCUT2D eigenvalue weighted by Crippen LogP contribution is -2.38. The number of pyridine rings is 1. The van der Waals surface area contributed by atoms with E-state index < -0.39 is 29.7 Å². The first-order valence-corrected chi connectivity index (χ1v) is 16.2. The molecule has 3 aromatic carbocycles. The van der Waals surface area contributed by atoms with E-state index >= 15 is 0 Å². The van der Waals surface area contributed by atoms with Crippen molar-refractivity contribution < 1.29 is 19.1 Å². The largest absolute Gasteiger partial charge is 0.476 e. The number of nitrogens with one attached hydrogen (secondary N) is 3. The van der Waals surface area contributed by atoms with Crippen molar-refractivity contribution in [2.75, 3.05) is 16.0 Å². The molecular weight excluding hydrogens is 664 g/mol. The molecule has 49 heavy (non-hydrogen) atoms. The summed E-state index contributed by atoms with van der Waals surface area (Å²) in [7, 11) is 0. The number of aromatic nitrogens is 2. The van der Waals surface area contributed by atoms with Crippen LogP contribution in [0.5, 0.6) is 5.75 Å². The van der Waals surface area contributed by atoms with E-state index in [1.807, 2.05) is 50.2 Å². The van der Waals surface area contributed by atoms with Crippen molar-refractivity contribution in [2.24, 2.45) is 10.2 Å².